The van der Waals surface area contributed by atoms with Gasteiger partial charge < -0.3 is 29.9 Å². The number of carbonyl (C=O) groups excluding carboxylic acids is 2. The highest BCUT2D eigenvalue weighted by molar-refractivity contribution is 5.76. The molecule has 0 aliphatic rings. The highest BCUT2D eigenvalue weighted by Crippen LogP contribution is 2.30. The van der Waals surface area contributed by atoms with Gasteiger partial charge in [0.1, 0.15) is 12.2 Å². The van der Waals surface area contributed by atoms with Crippen LogP contribution in [0.4, 0.5) is 0 Å². The second-order valence-electron chi connectivity index (χ2n) is 5.15. The Balaban J connectivity index is 5.17. The molecule has 0 aromatic rings. The van der Waals surface area contributed by atoms with E-state index in [1.165, 1.54) is 0 Å². The van der Waals surface area contributed by atoms with Gasteiger partial charge in [-0.3, -0.25) is 0 Å². The number of ether oxygens (including phenoxy) is 2. The van der Waals surface area contributed by atoms with Crippen molar-refractivity contribution in [3.05, 3.63) is 0 Å². The van der Waals surface area contributed by atoms with Crippen molar-refractivity contribution in [3.63, 3.8) is 0 Å². The van der Waals surface area contributed by atoms with E-state index in [-0.39, 0.29) is 6.61 Å². The summed E-state index contributed by atoms with van der Waals surface area (Å²) >= 11 is 0. The number of hydrogen-bond acceptors (Lipinski definition) is 8. The molecular formula is C14H26O8. The first kappa shape index (κ1) is 20.8. The van der Waals surface area contributed by atoms with Crippen LogP contribution in [0.5, 0.6) is 0 Å². The summed E-state index contributed by atoms with van der Waals surface area (Å²) in [4.78, 5) is 23.1. The van der Waals surface area contributed by atoms with Crippen LogP contribution in [0.25, 0.3) is 0 Å². The third kappa shape index (κ3) is 6.69. The van der Waals surface area contributed by atoms with Crippen molar-refractivity contribution in [2.75, 3.05) is 6.61 Å². The molecule has 0 aromatic heterocycles. The number of esters is 2. The third-order valence-corrected chi connectivity index (χ3v) is 3.15. The van der Waals surface area contributed by atoms with E-state index in [9.17, 15) is 24.9 Å². The van der Waals surface area contributed by atoms with Crippen LogP contribution in [0.1, 0.15) is 46.5 Å². The second kappa shape index (κ2) is 9.73. The molecule has 0 rings (SSSR count). The number of rotatable bonds is 10. The van der Waals surface area contributed by atoms with E-state index >= 15 is 0 Å². The van der Waals surface area contributed by atoms with Crippen molar-refractivity contribution in [1.82, 2.24) is 0 Å². The molecule has 4 N–H and O–H groups in total. The van der Waals surface area contributed by atoms with E-state index in [4.69, 9.17) is 14.6 Å². The topological polar surface area (TPSA) is 134 Å². The van der Waals surface area contributed by atoms with E-state index in [1.807, 2.05) is 0 Å². The highest BCUT2D eigenvalue weighted by atomic mass is 16.8. The lowest BCUT2D eigenvalue weighted by Crippen LogP contribution is -2.49. The van der Waals surface area contributed by atoms with Gasteiger partial charge in [0.25, 0.3) is 0 Å². The number of hydrogen-bond donors (Lipinski definition) is 4. The molecule has 0 fully saturated rings. The molecule has 22 heavy (non-hydrogen) atoms. The maximum absolute atomic E-state index is 11.5. The SMILES string of the molecule is CCC(CCCCO)C(O)(OC(=O)C(C)O)OC(=O)C(C)O. The average Bonchev–Trinajstić information content (AvgIpc) is 2.42. The predicted octanol–water partition coefficient (Wildman–Crippen LogP) is -0.331. The van der Waals surface area contributed by atoms with Crippen molar-refractivity contribution < 1.29 is 39.5 Å². The lowest BCUT2D eigenvalue weighted by atomic mass is 9.96. The van der Waals surface area contributed by atoms with Crippen LogP contribution in [0.3, 0.4) is 0 Å². The summed E-state index contributed by atoms with van der Waals surface area (Å²) in [7, 11) is 0. The summed E-state index contributed by atoms with van der Waals surface area (Å²) in [6.45, 7) is 3.95. The van der Waals surface area contributed by atoms with E-state index < -0.39 is 36.0 Å². The molecular weight excluding hydrogens is 296 g/mol. The quantitative estimate of drug-likeness (QED) is 0.244. The standard InChI is InChI=1S/C14H26O8/c1-4-11(7-5-6-8-15)14(20,21-12(18)9(2)16)22-13(19)10(3)17/h9-11,15-17,20H,4-8H2,1-3H3. The third-order valence-electron chi connectivity index (χ3n) is 3.15. The van der Waals surface area contributed by atoms with Crippen molar-refractivity contribution in [3.8, 4) is 0 Å². The van der Waals surface area contributed by atoms with Crippen molar-refractivity contribution in [1.29, 1.82) is 0 Å². The van der Waals surface area contributed by atoms with Gasteiger partial charge in [-0.15, -0.1) is 0 Å². The molecule has 0 radical (unpaired) electrons. The monoisotopic (exact) mass is 322 g/mol. The lowest BCUT2D eigenvalue weighted by molar-refractivity contribution is -0.355. The first-order valence-corrected chi connectivity index (χ1v) is 7.33. The molecule has 0 amide bonds. The first-order valence-electron chi connectivity index (χ1n) is 7.33. The fourth-order valence-corrected chi connectivity index (χ4v) is 1.79. The van der Waals surface area contributed by atoms with E-state index in [0.717, 1.165) is 13.8 Å². The maximum Gasteiger partial charge on any atom is 0.376 e. The molecule has 0 saturated heterocycles. The smallest absolute Gasteiger partial charge is 0.376 e. The molecule has 0 aromatic carbocycles. The Hall–Kier alpha value is -1.22. The van der Waals surface area contributed by atoms with Crippen molar-refractivity contribution in [2.24, 2.45) is 5.92 Å². The Morgan fingerprint density at radius 3 is 1.82 bits per heavy atom. The van der Waals surface area contributed by atoms with Gasteiger partial charge in [-0.1, -0.05) is 13.3 Å². The Morgan fingerprint density at radius 1 is 1.05 bits per heavy atom. The average molecular weight is 322 g/mol. The zero-order chi connectivity index (χ0) is 17.3. The highest BCUT2D eigenvalue weighted by Gasteiger charge is 2.45. The minimum Gasteiger partial charge on any atom is -0.396 e. The predicted molar refractivity (Wildman–Crippen MR) is 75.2 cm³/mol. The van der Waals surface area contributed by atoms with Gasteiger partial charge in [0.15, 0.2) is 0 Å². The van der Waals surface area contributed by atoms with Gasteiger partial charge >= 0.3 is 17.9 Å². The molecule has 3 atom stereocenters. The van der Waals surface area contributed by atoms with Crippen molar-refractivity contribution >= 4 is 11.9 Å². The van der Waals surface area contributed by atoms with Crippen LogP contribution in [-0.2, 0) is 19.1 Å². The number of carbonyl (C=O) groups is 2. The maximum atomic E-state index is 11.5. The lowest BCUT2D eigenvalue weighted by Gasteiger charge is -2.34. The fraction of sp³-hybridized carbons (Fsp3) is 0.857. The summed E-state index contributed by atoms with van der Waals surface area (Å²) in [6.07, 6.45) is -1.41. The molecule has 3 unspecified atom stereocenters. The Kier molecular flexibility index (Phi) is 9.19. The van der Waals surface area contributed by atoms with Gasteiger partial charge in [-0.05, 0) is 33.1 Å². The molecule has 0 spiro atoms. The zero-order valence-electron chi connectivity index (χ0n) is 13.2. The summed E-state index contributed by atoms with van der Waals surface area (Å²) in [5.74, 6) is -5.64. The van der Waals surface area contributed by atoms with Gasteiger partial charge in [0.2, 0.25) is 0 Å². The zero-order valence-corrected chi connectivity index (χ0v) is 13.2. The van der Waals surface area contributed by atoms with Crippen LogP contribution < -0.4 is 0 Å². The number of aliphatic hydroxyl groups excluding tert-OH is 3. The van der Waals surface area contributed by atoms with E-state index in [2.05, 4.69) is 0 Å². The van der Waals surface area contributed by atoms with Gasteiger partial charge in [-0.2, -0.15) is 0 Å². The Labute approximate surface area is 129 Å². The van der Waals surface area contributed by atoms with Crippen LogP contribution in [0, 0.1) is 5.92 Å². The first-order chi connectivity index (χ1) is 10.2. The molecule has 8 heteroatoms. The van der Waals surface area contributed by atoms with Gasteiger partial charge in [-0.25, -0.2) is 9.59 Å². The molecule has 0 aliphatic heterocycles. The van der Waals surface area contributed by atoms with E-state index in [1.54, 1.807) is 6.92 Å². The summed E-state index contributed by atoms with van der Waals surface area (Å²) in [5.41, 5.74) is 0. The summed E-state index contributed by atoms with van der Waals surface area (Å²) < 4.78 is 9.51. The van der Waals surface area contributed by atoms with Gasteiger partial charge in [0.05, 0.1) is 5.92 Å². The minimum absolute atomic E-state index is 0.0320. The summed E-state index contributed by atoms with van der Waals surface area (Å²) in [5, 5.41) is 37.6. The van der Waals surface area contributed by atoms with Crippen LogP contribution in [0.15, 0.2) is 0 Å². The minimum atomic E-state index is -2.58. The number of unbranched alkanes of at least 4 members (excludes halogenated alkanes) is 1. The molecule has 0 bridgehead atoms. The molecule has 0 heterocycles. The summed E-state index contributed by atoms with van der Waals surface area (Å²) in [6, 6.07) is 0. The normalized spacial score (nSPS) is 18.0. The fourth-order valence-electron chi connectivity index (χ4n) is 1.79. The molecule has 130 valence electrons. The van der Waals surface area contributed by atoms with Crippen molar-refractivity contribution in [2.45, 2.75) is 64.6 Å². The second-order valence-corrected chi connectivity index (χ2v) is 5.15. The Bertz CT molecular complexity index is 331. The number of aliphatic hydroxyl groups is 4. The van der Waals surface area contributed by atoms with Crippen LogP contribution in [-0.4, -0.2) is 57.2 Å². The van der Waals surface area contributed by atoms with Crippen LogP contribution in [0.2, 0.25) is 0 Å². The van der Waals surface area contributed by atoms with E-state index in [0.29, 0.717) is 25.7 Å². The largest absolute Gasteiger partial charge is 0.396 e. The van der Waals surface area contributed by atoms with Gasteiger partial charge in [0, 0.05) is 6.61 Å². The molecule has 8 nitrogen and oxygen atoms in total. The molecule has 0 saturated carbocycles. The van der Waals surface area contributed by atoms with Crippen LogP contribution >= 0.6 is 0 Å². The molecule has 0 aliphatic carbocycles. The Morgan fingerprint density at radius 2 is 1.50 bits per heavy atom.